The molecule has 4 aromatic rings. The van der Waals surface area contributed by atoms with E-state index in [1.807, 2.05) is 48.5 Å². The third kappa shape index (κ3) is 3.69. The number of carbonyl (C=O) groups is 2. The van der Waals surface area contributed by atoms with E-state index in [0.717, 1.165) is 38.0 Å². The number of hydrogen-bond donors (Lipinski definition) is 3. The number of nitrogens with one attached hydrogen (secondary N) is 2. The third-order valence-electron chi connectivity index (χ3n) is 6.04. The first-order valence-electron chi connectivity index (χ1n) is 10.3. The van der Waals surface area contributed by atoms with Crippen LogP contribution in [0.1, 0.15) is 27.9 Å². The van der Waals surface area contributed by atoms with Crippen LogP contribution in [0.5, 0.6) is 0 Å². The molecule has 0 aliphatic heterocycles. The highest BCUT2D eigenvalue weighted by Gasteiger charge is 2.43. The molecule has 0 saturated carbocycles. The predicted molar refractivity (Wildman–Crippen MR) is 126 cm³/mol. The van der Waals surface area contributed by atoms with Gasteiger partial charge in [-0.15, -0.1) is 0 Å². The lowest BCUT2D eigenvalue weighted by atomic mass is 9.77. The van der Waals surface area contributed by atoms with Crippen molar-refractivity contribution in [3.63, 3.8) is 0 Å². The SMILES string of the molecule is O=C(NC1(C(=O)O)CCc2cc(Br)ccc2C1)c1ccc2nc(-c3ccccc3)[nH]c2c1. The fraction of sp³-hybridized carbons (Fsp3) is 0.160. The maximum atomic E-state index is 13.1. The van der Waals surface area contributed by atoms with Gasteiger partial charge in [0.05, 0.1) is 11.0 Å². The van der Waals surface area contributed by atoms with Crippen molar-refractivity contribution in [2.24, 2.45) is 0 Å². The quantitative estimate of drug-likeness (QED) is 0.386. The van der Waals surface area contributed by atoms with Crippen LogP contribution < -0.4 is 5.32 Å². The zero-order valence-electron chi connectivity index (χ0n) is 17.1. The lowest BCUT2D eigenvalue weighted by molar-refractivity contribution is -0.145. The molecule has 1 unspecified atom stereocenters. The fourth-order valence-electron chi connectivity index (χ4n) is 4.28. The average Bonchev–Trinajstić information content (AvgIpc) is 3.23. The summed E-state index contributed by atoms with van der Waals surface area (Å²) < 4.78 is 0.964. The van der Waals surface area contributed by atoms with Crippen LogP contribution in [-0.4, -0.2) is 32.5 Å². The summed E-state index contributed by atoms with van der Waals surface area (Å²) in [4.78, 5) is 33.2. The van der Waals surface area contributed by atoms with Gasteiger partial charge in [-0.25, -0.2) is 9.78 Å². The number of hydrogen-bond acceptors (Lipinski definition) is 3. The minimum absolute atomic E-state index is 0.251. The number of rotatable bonds is 4. The number of amides is 1. The van der Waals surface area contributed by atoms with E-state index >= 15 is 0 Å². The molecule has 0 fully saturated rings. The number of carboxylic acids is 1. The number of aromatic amines is 1. The predicted octanol–water partition coefficient (Wildman–Crippen LogP) is 4.73. The number of carboxylic acid groups (broad SMARTS) is 1. The Hall–Kier alpha value is -3.45. The summed E-state index contributed by atoms with van der Waals surface area (Å²) in [6.45, 7) is 0. The second kappa shape index (κ2) is 7.91. The summed E-state index contributed by atoms with van der Waals surface area (Å²) in [5.41, 5.74) is 3.52. The van der Waals surface area contributed by atoms with Gasteiger partial charge in [-0.2, -0.15) is 0 Å². The number of imidazole rings is 1. The Morgan fingerprint density at radius 3 is 2.62 bits per heavy atom. The lowest BCUT2D eigenvalue weighted by Crippen LogP contribution is -2.57. The molecule has 1 atom stereocenters. The molecule has 1 aliphatic carbocycles. The van der Waals surface area contributed by atoms with E-state index in [2.05, 4.69) is 31.2 Å². The van der Waals surface area contributed by atoms with Crippen LogP contribution in [0.25, 0.3) is 22.4 Å². The minimum atomic E-state index is -1.34. The van der Waals surface area contributed by atoms with Crippen molar-refractivity contribution in [2.45, 2.75) is 24.8 Å². The van der Waals surface area contributed by atoms with E-state index in [4.69, 9.17) is 0 Å². The van der Waals surface area contributed by atoms with Gasteiger partial charge in [0.15, 0.2) is 0 Å². The van der Waals surface area contributed by atoms with Crippen LogP contribution in [0.4, 0.5) is 0 Å². The zero-order chi connectivity index (χ0) is 22.3. The first-order chi connectivity index (χ1) is 15.4. The van der Waals surface area contributed by atoms with Gasteiger partial charge < -0.3 is 15.4 Å². The van der Waals surface area contributed by atoms with E-state index in [1.165, 1.54) is 0 Å². The standard InChI is InChI=1S/C25H20BrN3O3/c26-19-8-6-18-14-25(24(31)32,11-10-16(18)12-19)29-23(30)17-7-9-20-21(13-17)28-22(27-20)15-4-2-1-3-5-15/h1-9,12-13H,10-11,14H2,(H,27,28)(H,29,30)(H,31,32). The molecule has 1 aliphatic rings. The maximum Gasteiger partial charge on any atom is 0.329 e. The normalized spacial score (nSPS) is 17.7. The van der Waals surface area contributed by atoms with E-state index in [-0.39, 0.29) is 6.42 Å². The molecule has 3 aromatic carbocycles. The number of halogens is 1. The summed E-state index contributed by atoms with van der Waals surface area (Å²) >= 11 is 3.46. The molecule has 0 radical (unpaired) electrons. The number of aliphatic carboxylic acids is 1. The molecular weight excluding hydrogens is 470 g/mol. The van der Waals surface area contributed by atoms with Crippen molar-refractivity contribution in [3.05, 3.63) is 87.9 Å². The molecule has 32 heavy (non-hydrogen) atoms. The number of carbonyl (C=O) groups excluding carboxylic acids is 1. The Labute approximate surface area is 192 Å². The van der Waals surface area contributed by atoms with Gasteiger partial charge in [0.1, 0.15) is 11.4 Å². The largest absolute Gasteiger partial charge is 0.479 e. The number of nitrogens with zero attached hydrogens (tertiary/aromatic N) is 1. The van der Waals surface area contributed by atoms with E-state index in [1.54, 1.807) is 18.2 Å². The fourth-order valence-corrected chi connectivity index (χ4v) is 4.69. The monoisotopic (exact) mass is 489 g/mol. The molecule has 1 heterocycles. The highest BCUT2D eigenvalue weighted by molar-refractivity contribution is 9.10. The second-order valence-corrected chi connectivity index (χ2v) is 9.03. The molecular formula is C25H20BrN3O3. The first kappa shape index (κ1) is 20.5. The minimum Gasteiger partial charge on any atom is -0.479 e. The smallest absolute Gasteiger partial charge is 0.329 e. The summed E-state index contributed by atoms with van der Waals surface area (Å²) in [6, 6.07) is 20.7. The third-order valence-corrected chi connectivity index (χ3v) is 6.53. The molecule has 5 rings (SSSR count). The summed E-state index contributed by atoms with van der Waals surface area (Å²) in [5.74, 6) is -0.714. The van der Waals surface area contributed by atoms with Gasteiger partial charge in [0.2, 0.25) is 0 Å². The van der Waals surface area contributed by atoms with Gasteiger partial charge in [-0.05, 0) is 54.3 Å². The molecule has 1 aromatic heterocycles. The van der Waals surface area contributed by atoms with E-state index in [0.29, 0.717) is 18.4 Å². The molecule has 0 bridgehead atoms. The average molecular weight is 490 g/mol. The van der Waals surface area contributed by atoms with Gasteiger partial charge in [-0.1, -0.05) is 52.3 Å². The van der Waals surface area contributed by atoms with Crippen molar-refractivity contribution in [3.8, 4) is 11.4 Å². The van der Waals surface area contributed by atoms with Gasteiger partial charge >= 0.3 is 5.97 Å². The number of benzene rings is 3. The number of fused-ring (bicyclic) bond motifs is 2. The van der Waals surface area contributed by atoms with Crippen LogP contribution >= 0.6 is 15.9 Å². The highest BCUT2D eigenvalue weighted by Crippen LogP contribution is 2.31. The van der Waals surface area contributed by atoms with Gasteiger partial charge in [-0.3, -0.25) is 4.79 Å². The Morgan fingerprint density at radius 1 is 1.03 bits per heavy atom. The molecule has 0 spiro atoms. The van der Waals surface area contributed by atoms with Crippen molar-refractivity contribution in [1.29, 1.82) is 0 Å². The van der Waals surface area contributed by atoms with Crippen molar-refractivity contribution < 1.29 is 14.7 Å². The van der Waals surface area contributed by atoms with Gasteiger partial charge in [0.25, 0.3) is 5.91 Å². The molecule has 0 saturated heterocycles. The zero-order valence-corrected chi connectivity index (χ0v) is 18.6. The topological polar surface area (TPSA) is 95.1 Å². The van der Waals surface area contributed by atoms with Crippen molar-refractivity contribution in [2.75, 3.05) is 0 Å². The Morgan fingerprint density at radius 2 is 1.84 bits per heavy atom. The van der Waals surface area contributed by atoms with Crippen LogP contribution in [0, 0.1) is 0 Å². The summed E-state index contributed by atoms with van der Waals surface area (Å²) in [5, 5.41) is 12.8. The number of aromatic nitrogens is 2. The van der Waals surface area contributed by atoms with E-state index in [9.17, 15) is 14.7 Å². The highest BCUT2D eigenvalue weighted by atomic mass is 79.9. The second-order valence-electron chi connectivity index (χ2n) is 8.11. The van der Waals surface area contributed by atoms with Gasteiger partial charge in [0, 0.05) is 22.0 Å². The van der Waals surface area contributed by atoms with E-state index < -0.39 is 17.4 Å². The first-order valence-corrected chi connectivity index (χ1v) is 11.1. The lowest BCUT2D eigenvalue weighted by Gasteiger charge is -2.35. The van der Waals surface area contributed by atoms with Crippen LogP contribution in [-0.2, 0) is 17.6 Å². The molecule has 160 valence electrons. The van der Waals surface area contributed by atoms with Crippen molar-refractivity contribution >= 4 is 38.8 Å². The summed E-state index contributed by atoms with van der Waals surface area (Å²) in [7, 11) is 0. The Bertz CT molecular complexity index is 1350. The Balaban J connectivity index is 1.43. The van der Waals surface area contributed by atoms with Crippen molar-refractivity contribution in [1.82, 2.24) is 15.3 Å². The molecule has 6 nitrogen and oxygen atoms in total. The van der Waals surface area contributed by atoms with Crippen LogP contribution in [0.3, 0.4) is 0 Å². The Kier molecular flexibility index (Phi) is 5.06. The number of H-pyrrole nitrogens is 1. The maximum absolute atomic E-state index is 13.1. The van der Waals surface area contributed by atoms with Crippen LogP contribution in [0.2, 0.25) is 0 Å². The summed E-state index contributed by atoms with van der Waals surface area (Å²) in [6.07, 6.45) is 1.17. The molecule has 7 heteroatoms. The molecule has 3 N–H and O–H groups in total. The molecule has 1 amide bonds. The number of aryl methyl sites for hydroxylation is 1. The van der Waals surface area contributed by atoms with Crippen LogP contribution in [0.15, 0.2) is 71.2 Å².